The number of aliphatic carboxylic acids is 1. The maximum absolute atomic E-state index is 10.9. The molecule has 0 spiro atoms. The van der Waals surface area contributed by atoms with E-state index in [1.165, 1.54) is 0 Å². The Balaban J connectivity index is 2.71. The minimum atomic E-state index is -0.949. The van der Waals surface area contributed by atoms with E-state index in [1.54, 1.807) is 0 Å². The number of carboxylic acids is 1. The second-order valence-electron chi connectivity index (χ2n) is 3.28. The Kier molecular flexibility index (Phi) is 4.82. The van der Waals surface area contributed by atoms with Gasteiger partial charge in [0, 0.05) is 15.9 Å². The lowest BCUT2D eigenvalue weighted by Crippen LogP contribution is -2.19. The van der Waals surface area contributed by atoms with Gasteiger partial charge in [-0.05, 0) is 29.6 Å². The molecule has 0 aliphatic carbocycles. The molecule has 6 heteroatoms. The van der Waals surface area contributed by atoms with Gasteiger partial charge in [-0.25, -0.2) is 0 Å². The molecule has 0 unspecified atom stereocenters. The van der Waals surface area contributed by atoms with E-state index in [-0.39, 0.29) is 6.54 Å². The second kappa shape index (κ2) is 6.15. The fourth-order valence-electron chi connectivity index (χ4n) is 1.27. The third-order valence-corrected chi connectivity index (χ3v) is 2.64. The molecule has 0 amide bonds. The maximum Gasteiger partial charge on any atom is 0.306 e. The van der Waals surface area contributed by atoms with Crippen LogP contribution < -0.4 is 0 Å². The van der Waals surface area contributed by atoms with Gasteiger partial charge >= 0.3 is 5.97 Å². The van der Waals surface area contributed by atoms with Gasteiger partial charge in [0.05, 0.1) is 5.92 Å². The Labute approximate surface area is 101 Å². The second-order valence-corrected chi connectivity index (χ2v) is 4.19. The summed E-state index contributed by atoms with van der Waals surface area (Å²) in [5.74, 6) is -1.62. The van der Waals surface area contributed by atoms with Gasteiger partial charge in [-0.15, -0.1) is 0 Å². The van der Waals surface area contributed by atoms with Crippen molar-refractivity contribution in [1.29, 1.82) is 0 Å². The summed E-state index contributed by atoms with van der Waals surface area (Å²) < 4.78 is 0.943. The molecule has 0 saturated carbocycles. The van der Waals surface area contributed by atoms with Crippen molar-refractivity contribution < 1.29 is 9.90 Å². The van der Waals surface area contributed by atoms with Crippen LogP contribution in [-0.4, -0.2) is 17.6 Å². The summed E-state index contributed by atoms with van der Waals surface area (Å²) in [6.45, 7) is -0.0259. The zero-order valence-electron chi connectivity index (χ0n) is 8.38. The van der Waals surface area contributed by atoms with Crippen molar-refractivity contribution in [3.05, 3.63) is 44.7 Å². The van der Waals surface area contributed by atoms with E-state index in [0.717, 1.165) is 10.0 Å². The first-order chi connectivity index (χ1) is 7.63. The fourth-order valence-corrected chi connectivity index (χ4v) is 1.53. The van der Waals surface area contributed by atoms with Crippen molar-refractivity contribution in [2.24, 2.45) is 11.0 Å². The van der Waals surface area contributed by atoms with E-state index in [0.29, 0.717) is 6.42 Å². The van der Waals surface area contributed by atoms with E-state index >= 15 is 0 Å². The predicted molar refractivity (Wildman–Crippen MR) is 63.0 cm³/mol. The number of azide groups is 1. The first-order valence-electron chi connectivity index (χ1n) is 4.61. The molecule has 0 saturated heterocycles. The molecule has 84 valence electrons. The third-order valence-electron chi connectivity index (χ3n) is 2.11. The Bertz CT molecular complexity index is 413. The molecule has 1 N–H and O–H groups in total. The molecule has 1 aromatic carbocycles. The standard InChI is InChI=1S/C10H10BrN3O2/c11-9-3-1-7(2-4-9)5-8(10(15)16)6-13-14-12/h1-4,8H,5-6H2,(H,15,16)/t8-/m1/s1. The largest absolute Gasteiger partial charge is 0.481 e. The lowest BCUT2D eigenvalue weighted by Gasteiger charge is -2.09. The highest BCUT2D eigenvalue weighted by Gasteiger charge is 2.16. The van der Waals surface area contributed by atoms with Crippen LogP contribution in [0.3, 0.4) is 0 Å². The molecule has 0 aliphatic rings. The number of benzene rings is 1. The van der Waals surface area contributed by atoms with Gasteiger partial charge in [-0.3, -0.25) is 4.79 Å². The zero-order valence-corrected chi connectivity index (χ0v) is 9.96. The fraction of sp³-hybridized carbons (Fsp3) is 0.300. The lowest BCUT2D eigenvalue weighted by molar-refractivity contribution is -0.141. The van der Waals surface area contributed by atoms with Crippen molar-refractivity contribution in [3.63, 3.8) is 0 Å². The van der Waals surface area contributed by atoms with Gasteiger partial charge in [-0.1, -0.05) is 33.2 Å². The smallest absolute Gasteiger partial charge is 0.306 e. The minimum absolute atomic E-state index is 0.0259. The molecule has 0 fully saturated rings. The van der Waals surface area contributed by atoms with E-state index in [9.17, 15) is 4.79 Å². The van der Waals surface area contributed by atoms with Crippen LogP contribution in [0.1, 0.15) is 5.56 Å². The highest BCUT2D eigenvalue weighted by molar-refractivity contribution is 9.10. The Hall–Kier alpha value is -1.52. The van der Waals surface area contributed by atoms with Crippen LogP contribution in [0.15, 0.2) is 33.9 Å². The van der Waals surface area contributed by atoms with Crippen molar-refractivity contribution in [3.8, 4) is 0 Å². The van der Waals surface area contributed by atoms with Crippen LogP contribution in [0.25, 0.3) is 10.4 Å². The highest BCUT2D eigenvalue weighted by Crippen LogP contribution is 2.14. The minimum Gasteiger partial charge on any atom is -0.481 e. The maximum atomic E-state index is 10.9. The molecule has 0 aliphatic heterocycles. The van der Waals surface area contributed by atoms with Crippen molar-refractivity contribution in [2.45, 2.75) is 6.42 Å². The number of carbonyl (C=O) groups is 1. The molecule has 0 heterocycles. The average molecular weight is 284 g/mol. The number of halogens is 1. The monoisotopic (exact) mass is 283 g/mol. The van der Waals surface area contributed by atoms with Gasteiger partial charge in [0.2, 0.25) is 0 Å². The molecule has 0 radical (unpaired) electrons. The Morgan fingerprint density at radius 2 is 2.12 bits per heavy atom. The van der Waals surface area contributed by atoms with Crippen LogP contribution in [-0.2, 0) is 11.2 Å². The molecule has 1 rings (SSSR count). The number of hydrogen-bond acceptors (Lipinski definition) is 2. The SMILES string of the molecule is [N-]=[N+]=NC[C@@H](Cc1ccc(Br)cc1)C(=O)O. The molecule has 1 aromatic rings. The van der Waals surface area contributed by atoms with Crippen LogP contribution >= 0.6 is 15.9 Å². The zero-order chi connectivity index (χ0) is 12.0. The summed E-state index contributed by atoms with van der Waals surface area (Å²) in [5, 5.41) is 12.2. The summed E-state index contributed by atoms with van der Waals surface area (Å²) in [5.41, 5.74) is 9.06. The average Bonchev–Trinajstić information content (AvgIpc) is 2.26. The molecule has 0 bridgehead atoms. The number of rotatable bonds is 5. The van der Waals surface area contributed by atoms with Gasteiger partial charge in [0.1, 0.15) is 0 Å². The molecule has 0 aromatic heterocycles. The first kappa shape index (κ1) is 12.5. The number of nitrogens with zero attached hydrogens (tertiary/aromatic N) is 3. The van der Waals surface area contributed by atoms with Crippen molar-refractivity contribution in [2.75, 3.05) is 6.54 Å². The van der Waals surface area contributed by atoms with Gasteiger partial charge in [-0.2, -0.15) is 0 Å². The summed E-state index contributed by atoms with van der Waals surface area (Å²) in [4.78, 5) is 13.5. The Morgan fingerprint density at radius 3 is 2.62 bits per heavy atom. The van der Waals surface area contributed by atoms with Gasteiger partial charge < -0.3 is 5.11 Å². The predicted octanol–water partition coefficient (Wildman–Crippen LogP) is 3.00. The molecular formula is C10H10BrN3O2. The summed E-state index contributed by atoms with van der Waals surface area (Å²) in [7, 11) is 0. The van der Waals surface area contributed by atoms with Crippen LogP contribution in [0.4, 0.5) is 0 Å². The normalized spacial score (nSPS) is 11.6. The van der Waals surface area contributed by atoms with E-state index in [2.05, 4.69) is 26.0 Å². The first-order valence-corrected chi connectivity index (χ1v) is 5.41. The van der Waals surface area contributed by atoms with E-state index < -0.39 is 11.9 Å². The topological polar surface area (TPSA) is 86.1 Å². The number of hydrogen-bond donors (Lipinski definition) is 1. The molecule has 5 nitrogen and oxygen atoms in total. The van der Waals surface area contributed by atoms with Crippen molar-refractivity contribution in [1.82, 2.24) is 0 Å². The van der Waals surface area contributed by atoms with Gasteiger partial charge in [0.15, 0.2) is 0 Å². The quantitative estimate of drug-likeness (QED) is 0.512. The number of carboxylic acid groups (broad SMARTS) is 1. The van der Waals surface area contributed by atoms with E-state index in [1.807, 2.05) is 24.3 Å². The lowest BCUT2D eigenvalue weighted by atomic mass is 10.00. The van der Waals surface area contributed by atoms with Crippen LogP contribution in [0.5, 0.6) is 0 Å². The molecule has 1 atom stereocenters. The van der Waals surface area contributed by atoms with Crippen molar-refractivity contribution >= 4 is 21.9 Å². The molecular weight excluding hydrogens is 274 g/mol. The van der Waals surface area contributed by atoms with Crippen LogP contribution in [0, 0.1) is 5.92 Å². The summed E-state index contributed by atoms with van der Waals surface area (Å²) >= 11 is 3.30. The summed E-state index contributed by atoms with van der Waals surface area (Å²) in [6.07, 6.45) is 0.363. The third kappa shape index (κ3) is 3.92. The Morgan fingerprint density at radius 1 is 1.50 bits per heavy atom. The summed E-state index contributed by atoms with van der Waals surface area (Å²) in [6, 6.07) is 7.38. The van der Waals surface area contributed by atoms with Gasteiger partial charge in [0.25, 0.3) is 0 Å². The highest BCUT2D eigenvalue weighted by atomic mass is 79.9. The molecule has 16 heavy (non-hydrogen) atoms. The van der Waals surface area contributed by atoms with E-state index in [4.69, 9.17) is 10.6 Å². The van der Waals surface area contributed by atoms with Crippen LogP contribution in [0.2, 0.25) is 0 Å².